The molecule has 1 aromatic carbocycles. The van der Waals surface area contributed by atoms with Crippen LogP contribution in [0.1, 0.15) is 37.7 Å². The fourth-order valence-electron chi connectivity index (χ4n) is 4.60. The average molecular weight is 350 g/mol. The molecule has 6 heteroatoms. The number of rotatable bonds is 2. The van der Waals surface area contributed by atoms with Gasteiger partial charge in [0.2, 0.25) is 11.8 Å². The second-order valence-corrected chi connectivity index (χ2v) is 7.20. The summed E-state index contributed by atoms with van der Waals surface area (Å²) in [5, 5.41) is 5.96. The van der Waals surface area contributed by atoms with Crippen LogP contribution in [0, 0.1) is 17.8 Å². The van der Waals surface area contributed by atoms with Crippen molar-refractivity contribution >= 4 is 35.6 Å². The van der Waals surface area contributed by atoms with Crippen LogP contribution in [0.15, 0.2) is 18.2 Å². The Labute approximate surface area is 148 Å². The topological polar surface area (TPSA) is 84.2 Å². The molecule has 2 fully saturated rings. The summed E-state index contributed by atoms with van der Waals surface area (Å²) in [5.74, 6) is 1.05. The Morgan fingerprint density at radius 2 is 2.00 bits per heavy atom. The van der Waals surface area contributed by atoms with Gasteiger partial charge in [-0.1, -0.05) is 0 Å². The summed E-state index contributed by atoms with van der Waals surface area (Å²) >= 11 is 0. The summed E-state index contributed by atoms with van der Waals surface area (Å²) in [6, 6.07) is 5.74. The first-order valence-electron chi connectivity index (χ1n) is 8.61. The standard InChI is InChI=1S/C18H23N3O2.ClH/c19-17-12-5-4-11(8-12)16(17)18(23)20-13-6-7-14-10(9-13)2-1-3-15(22)21-14;/h6-7,9,11-12,16-17H,1-5,8,19H2,(H,20,23)(H,21,22);1H. The number of nitrogens with one attached hydrogen (secondary N) is 2. The van der Waals surface area contributed by atoms with Crippen molar-refractivity contribution in [3.63, 3.8) is 0 Å². The minimum Gasteiger partial charge on any atom is -0.327 e. The third kappa shape index (κ3) is 3.03. The van der Waals surface area contributed by atoms with Crippen LogP contribution >= 0.6 is 12.4 Å². The van der Waals surface area contributed by atoms with Gasteiger partial charge in [-0.15, -0.1) is 12.4 Å². The normalized spacial score (nSPS) is 30.8. The van der Waals surface area contributed by atoms with E-state index in [0.29, 0.717) is 18.3 Å². The second kappa shape index (κ2) is 6.73. The van der Waals surface area contributed by atoms with Crippen molar-refractivity contribution in [2.24, 2.45) is 23.5 Å². The lowest BCUT2D eigenvalue weighted by Crippen LogP contribution is -2.42. The van der Waals surface area contributed by atoms with E-state index in [1.54, 1.807) is 0 Å². The maximum Gasteiger partial charge on any atom is 0.229 e. The minimum atomic E-state index is -0.0488. The Kier molecular flexibility index (Phi) is 4.83. The van der Waals surface area contributed by atoms with Crippen LogP contribution in [0.25, 0.3) is 0 Å². The van der Waals surface area contributed by atoms with Crippen LogP contribution < -0.4 is 16.4 Å². The predicted octanol–water partition coefficient (Wildman–Crippen LogP) is 2.70. The van der Waals surface area contributed by atoms with E-state index in [9.17, 15) is 9.59 Å². The third-order valence-electron chi connectivity index (χ3n) is 5.78. The van der Waals surface area contributed by atoms with E-state index in [1.807, 2.05) is 18.2 Å². The Bertz CT molecular complexity index is 662. The first-order valence-corrected chi connectivity index (χ1v) is 8.61. The molecule has 1 aromatic rings. The van der Waals surface area contributed by atoms with E-state index in [2.05, 4.69) is 10.6 Å². The molecule has 24 heavy (non-hydrogen) atoms. The zero-order valence-electron chi connectivity index (χ0n) is 13.6. The van der Waals surface area contributed by atoms with Gasteiger partial charge in [-0.2, -0.15) is 0 Å². The van der Waals surface area contributed by atoms with Gasteiger partial charge in [0, 0.05) is 23.8 Å². The lowest BCUT2D eigenvalue weighted by atomic mass is 9.84. The Morgan fingerprint density at radius 3 is 2.75 bits per heavy atom. The lowest BCUT2D eigenvalue weighted by Gasteiger charge is -2.27. The fraction of sp³-hybridized carbons (Fsp3) is 0.556. The van der Waals surface area contributed by atoms with Crippen molar-refractivity contribution in [2.75, 3.05) is 10.6 Å². The molecule has 4 rings (SSSR count). The van der Waals surface area contributed by atoms with Crippen LogP contribution in [0.4, 0.5) is 11.4 Å². The number of halogens is 1. The van der Waals surface area contributed by atoms with Gasteiger partial charge in [0.1, 0.15) is 0 Å². The highest BCUT2D eigenvalue weighted by atomic mass is 35.5. The number of amides is 2. The van der Waals surface area contributed by atoms with Crippen LogP contribution in [0.2, 0.25) is 0 Å². The van der Waals surface area contributed by atoms with Crippen molar-refractivity contribution < 1.29 is 9.59 Å². The SMILES string of the molecule is Cl.NC1C2CCC(C2)C1C(=O)Nc1ccc2c(c1)CCCC(=O)N2. The molecule has 3 aliphatic rings. The minimum absolute atomic E-state index is 0. The van der Waals surface area contributed by atoms with Gasteiger partial charge in [0.05, 0.1) is 5.92 Å². The van der Waals surface area contributed by atoms with Gasteiger partial charge in [0.25, 0.3) is 0 Å². The predicted molar refractivity (Wildman–Crippen MR) is 96.2 cm³/mol. The van der Waals surface area contributed by atoms with Crippen molar-refractivity contribution in [3.8, 4) is 0 Å². The number of anilines is 2. The molecular formula is C18H24ClN3O2. The van der Waals surface area contributed by atoms with Gasteiger partial charge in [-0.3, -0.25) is 9.59 Å². The van der Waals surface area contributed by atoms with Gasteiger partial charge < -0.3 is 16.4 Å². The molecule has 4 unspecified atom stereocenters. The van der Waals surface area contributed by atoms with Crippen molar-refractivity contribution in [1.82, 2.24) is 0 Å². The Balaban J connectivity index is 0.00000169. The largest absolute Gasteiger partial charge is 0.327 e. The molecule has 2 bridgehead atoms. The van der Waals surface area contributed by atoms with Gasteiger partial charge in [-0.25, -0.2) is 0 Å². The molecule has 0 aromatic heterocycles. The zero-order valence-corrected chi connectivity index (χ0v) is 14.4. The second-order valence-electron chi connectivity index (χ2n) is 7.20. The molecule has 0 radical (unpaired) electrons. The Hall–Kier alpha value is -1.59. The molecule has 0 saturated heterocycles. The highest BCUT2D eigenvalue weighted by Crippen LogP contribution is 2.48. The highest BCUT2D eigenvalue weighted by Gasteiger charge is 2.49. The first-order chi connectivity index (χ1) is 11.1. The number of carbonyl (C=O) groups is 2. The number of aryl methyl sites for hydroxylation is 1. The van der Waals surface area contributed by atoms with Crippen molar-refractivity contribution in [3.05, 3.63) is 23.8 Å². The molecule has 5 nitrogen and oxygen atoms in total. The molecule has 1 heterocycles. The molecule has 4 N–H and O–H groups in total. The molecule has 130 valence electrons. The van der Waals surface area contributed by atoms with Crippen molar-refractivity contribution in [2.45, 2.75) is 44.6 Å². The molecule has 1 aliphatic heterocycles. The summed E-state index contributed by atoms with van der Waals surface area (Å²) in [6.07, 6.45) is 5.66. The van der Waals surface area contributed by atoms with Crippen LogP contribution in [-0.2, 0) is 16.0 Å². The number of fused-ring (bicyclic) bond motifs is 3. The summed E-state index contributed by atoms with van der Waals surface area (Å²) in [6.45, 7) is 0. The quantitative estimate of drug-likeness (QED) is 0.767. The van der Waals surface area contributed by atoms with Crippen molar-refractivity contribution in [1.29, 1.82) is 0 Å². The van der Waals surface area contributed by atoms with E-state index in [0.717, 1.165) is 42.6 Å². The summed E-state index contributed by atoms with van der Waals surface area (Å²) in [4.78, 5) is 24.2. The first kappa shape index (κ1) is 17.2. The molecule has 2 aliphatic carbocycles. The number of carbonyl (C=O) groups excluding carboxylic acids is 2. The Morgan fingerprint density at radius 1 is 1.21 bits per heavy atom. The van der Waals surface area contributed by atoms with E-state index < -0.39 is 0 Å². The van der Waals surface area contributed by atoms with E-state index in [4.69, 9.17) is 5.73 Å². The number of hydrogen-bond donors (Lipinski definition) is 3. The van der Waals surface area contributed by atoms with E-state index in [-0.39, 0.29) is 36.2 Å². The maximum absolute atomic E-state index is 12.6. The molecule has 0 spiro atoms. The van der Waals surface area contributed by atoms with E-state index in [1.165, 1.54) is 6.42 Å². The van der Waals surface area contributed by atoms with Gasteiger partial charge in [0.15, 0.2) is 0 Å². The summed E-state index contributed by atoms with van der Waals surface area (Å²) in [5.41, 5.74) is 9.01. The van der Waals surface area contributed by atoms with Crippen LogP contribution in [0.5, 0.6) is 0 Å². The average Bonchev–Trinajstić information content (AvgIpc) is 3.05. The zero-order chi connectivity index (χ0) is 16.0. The smallest absolute Gasteiger partial charge is 0.229 e. The lowest BCUT2D eigenvalue weighted by molar-refractivity contribution is -0.121. The monoisotopic (exact) mass is 349 g/mol. The molecule has 2 saturated carbocycles. The van der Waals surface area contributed by atoms with Crippen LogP contribution in [0.3, 0.4) is 0 Å². The fourth-order valence-corrected chi connectivity index (χ4v) is 4.60. The number of hydrogen-bond acceptors (Lipinski definition) is 3. The number of benzene rings is 1. The highest BCUT2D eigenvalue weighted by molar-refractivity contribution is 5.95. The molecular weight excluding hydrogens is 326 g/mol. The summed E-state index contributed by atoms with van der Waals surface area (Å²) < 4.78 is 0. The van der Waals surface area contributed by atoms with Gasteiger partial charge in [-0.05, 0) is 67.7 Å². The summed E-state index contributed by atoms with van der Waals surface area (Å²) in [7, 11) is 0. The molecule has 2 amide bonds. The van der Waals surface area contributed by atoms with Gasteiger partial charge >= 0.3 is 0 Å². The maximum atomic E-state index is 12.6. The third-order valence-corrected chi connectivity index (χ3v) is 5.78. The van der Waals surface area contributed by atoms with Crippen LogP contribution in [-0.4, -0.2) is 17.9 Å². The van der Waals surface area contributed by atoms with E-state index >= 15 is 0 Å². The number of nitrogens with two attached hydrogens (primary N) is 1. The molecule has 4 atom stereocenters.